The molecule has 4 nitrogen and oxygen atoms in total. The van der Waals surface area contributed by atoms with Crippen molar-refractivity contribution in [3.8, 4) is 0 Å². The molecule has 1 fully saturated rings. The van der Waals surface area contributed by atoms with Crippen LogP contribution in [0.15, 0.2) is 12.4 Å². The van der Waals surface area contributed by atoms with E-state index in [-0.39, 0.29) is 0 Å². The summed E-state index contributed by atoms with van der Waals surface area (Å²) in [6.07, 6.45) is 4.99. The summed E-state index contributed by atoms with van der Waals surface area (Å²) in [5.74, 6) is 0.630. The molecule has 1 aliphatic rings. The number of nitrogens with zero attached hydrogens (tertiary/aromatic N) is 2. The van der Waals surface area contributed by atoms with Crippen molar-refractivity contribution in [2.45, 2.75) is 19.5 Å². The van der Waals surface area contributed by atoms with Gasteiger partial charge < -0.3 is 10.5 Å². The fourth-order valence-electron chi connectivity index (χ4n) is 1.60. The Morgan fingerprint density at radius 3 is 3.23 bits per heavy atom. The van der Waals surface area contributed by atoms with Crippen LogP contribution in [0, 0.1) is 5.92 Å². The van der Waals surface area contributed by atoms with Crippen molar-refractivity contribution in [3.63, 3.8) is 0 Å². The Labute approximate surface area is 77.7 Å². The van der Waals surface area contributed by atoms with Crippen LogP contribution >= 0.6 is 0 Å². The highest BCUT2D eigenvalue weighted by Crippen LogP contribution is 2.14. The third kappa shape index (κ3) is 2.08. The van der Waals surface area contributed by atoms with Gasteiger partial charge >= 0.3 is 0 Å². The molecule has 0 saturated carbocycles. The standard InChI is InChI=1S/C9H15N3O/c10-3-9-4-11-12(6-9)5-8-1-2-13-7-8/h4,6,8H,1-3,5,7,10H2/t8-/m0/s1. The van der Waals surface area contributed by atoms with Crippen LogP contribution in [0.3, 0.4) is 0 Å². The number of ether oxygens (including phenoxy) is 1. The van der Waals surface area contributed by atoms with Gasteiger partial charge in [0.15, 0.2) is 0 Å². The first-order valence-corrected chi connectivity index (χ1v) is 4.67. The predicted molar refractivity (Wildman–Crippen MR) is 49.0 cm³/mol. The van der Waals surface area contributed by atoms with Crippen LogP contribution in [0.1, 0.15) is 12.0 Å². The smallest absolute Gasteiger partial charge is 0.0534 e. The first kappa shape index (κ1) is 8.72. The van der Waals surface area contributed by atoms with E-state index < -0.39 is 0 Å². The lowest BCUT2D eigenvalue weighted by molar-refractivity contribution is 0.181. The fourth-order valence-corrected chi connectivity index (χ4v) is 1.60. The second kappa shape index (κ2) is 3.89. The van der Waals surface area contributed by atoms with Crippen LogP contribution in [0.25, 0.3) is 0 Å². The van der Waals surface area contributed by atoms with E-state index in [0.29, 0.717) is 12.5 Å². The third-order valence-electron chi connectivity index (χ3n) is 2.39. The maximum atomic E-state index is 5.49. The quantitative estimate of drug-likeness (QED) is 0.733. The first-order chi connectivity index (χ1) is 6.38. The molecule has 4 heteroatoms. The molecule has 72 valence electrons. The van der Waals surface area contributed by atoms with E-state index in [4.69, 9.17) is 10.5 Å². The molecule has 1 saturated heterocycles. The SMILES string of the molecule is NCc1cnn(C[C@@H]2CCOC2)c1. The molecule has 2 N–H and O–H groups in total. The van der Waals surface area contributed by atoms with Gasteiger partial charge in [-0.15, -0.1) is 0 Å². The van der Waals surface area contributed by atoms with Gasteiger partial charge in [0.2, 0.25) is 0 Å². The van der Waals surface area contributed by atoms with Gasteiger partial charge in [0, 0.05) is 37.4 Å². The molecule has 2 heterocycles. The Morgan fingerprint density at radius 2 is 2.62 bits per heavy atom. The number of nitrogens with two attached hydrogens (primary N) is 1. The number of rotatable bonds is 3. The van der Waals surface area contributed by atoms with Gasteiger partial charge in [0.05, 0.1) is 12.8 Å². The van der Waals surface area contributed by atoms with Crippen LogP contribution in [0.4, 0.5) is 0 Å². The number of aromatic nitrogens is 2. The summed E-state index contributed by atoms with van der Waals surface area (Å²) < 4.78 is 7.26. The first-order valence-electron chi connectivity index (χ1n) is 4.67. The second-order valence-electron chi connectivity index (χ2n) is 3.50. The molecule has 0 aliphatic carbocycles. The third-order valence-corrected chi connectivity index (χ3v) is 2.39. The summed E-state index contributed by atoms with van der Waals surface area (Å²) in [5.41, 5.74) is 6.59. The molecule has 1 atom stereocenters. The zero-order valence-electron chi connectivity index (χ0n) is 7.65. The Kier molecular flexibility index (Phi) is 2.61. The molecule has 2 rings (SSSR count). The monoisotopic (exact) mass is 181 g/mol. The Balaban J connectivity index is 1.92. The highest BCUT2D eigenvalue weighted by atomic mass is 16.5. The maximum absolute atomic E-state index is 5.49. The molecule has 0 aromatic carbocycles. The van der Waals surface area contributed by atoms with Crippen molar-refractivity contribution in [1.29, 1.82) is 0 Å². The van der Waals surface area contributed by atoms with E-state index in [0.717, 1.165) is 31.7 Å². The summed E-state index contributed by atoms with van der Waals surface area (Å²) in [7, 11) is 0. The molecular weight excluding hydrogens is 166 g/mol. The van der Waals surface area contributed by atoms with Gasteiger partial charge in [0.25, 0.3) is 0 Å². The van der Waals surface area contributed by atoms with Gasteiger partial charge in [-0.1, -0.05) is 0 Å². The summed E-state index contributed by atoms with van der Waals surface area (Å²) in [6, 6.07) is 0. The maximum Gasteiger partial charge on any atom is 0.0534 e. The van der Waals surface area contributed by atoms with Gasteiger partial charge in [0.1, 0.15) is 0 Å². The molecular formula is C9H15N3O. The summed E-state index contributed by atoms with van der Waals surface area (Å²) in [4.78, 5) is 0. The summed E-state index contributed by atoms with van der Waals surface area (Å²) in [5, 5.41) is 4.23. The minimum atomic E-state index is 0.571. The van der Waals surface area contributed by atoms with Crippen molar-refractivity contribution in [3.05, 3.63) is 18.0 Å². The zero-order valence-corrected chi connectivity index (χ0v) is 7.65. The largest absolute Gasteiger partial charge is 0.381 e. The molecule has 1 aliphatic heterocycles. The minimum absolute atomic E-state index is 0.571. The molecule has 0 spiro atoms. The lowest BCUT2D eigenvalue weighted by Gasteiger charge is -2.06. The Bertz CT molecular complexity index is 266. The Hall–Kier alpha value is -0.870. The van der Waals surface area contributed by atoms with Crippen molar-refractivity contribution in [1.82, 2.24) is 9.78 Å². The predicted octanol–water partition coefficient (Wildman–Crippen LogP) is 0.378. The van der Waals surface area contributed by atoms with Gasteiger partial charge in [-0.05, 0) is 6.42 Å². The second-order valence-corrected chi connectivity index (χ2v) is 3.50. The summed E-state index contributed by atoms with van der Waals surface area (Å²) >= 11 is 0. The lowest BCUT2D eigenvalue weighted by atomic mass is 10.1. The highest BCUT2D eigenvalue weighted by Gasteiger charge is 2.16. The van der Waals surface area contributed by atoms with Crippen LogP contribution in [-0.4, -0.2) is 23.0 Å². The van der Waals surface area contributed by atoms with Gasteiger partial charge in [-0.25, -0.2) is 0 Å². The van der Waals surface area contributed by atoms with E-state index in [1.54, 1.807) is 0 Å². The van der Waals surface area contributed by atoms with E-state index in [1.165, 1.54) is 0 Å². The summed E-state index contributed by atoms with van der Waals surface area (Å²) in [6.45, 7) is 3.30. The van der Waals surface area contributed by atoms with Crippen LogP contribution in [0.5, 0.6) is 0 Å². The average molecular weight is 181 g/mol. The molecule has 0 amide bonds. The number of hydrogen-bond donors (Lipinski definition) is 1. The minimum Gasteiger partial charge on any atom is -0.381 e. The van der Waals surface area contributed by atoms with Crippen LogP contribution < -0.4 is 5.73 Å². The average Bonchev–Trinajstić information content (AvgIpc) is 2.76. The lowest BCUT2D eigenvalue weighted by Crippen LogP contribution is -2.10. The zero-order chi connectivity index (χ0) is 9.10. The van der Waals surface area contributed by atoms with Gasteiger partial charge in [-0.3, -0.25) is 4.68 Å². The fraction of sp³-hybridized carbons (Fsp3) is 0.667. The normalized spacial score (nSPS) is 22.4. The topological polar surface area (TPSA) is 53.1 Å². The number of hydrogen-bond acceptors (Lipinski definition) is 3. The van der Waals surface area contributed by atoms with E-state index in [1.807, 2.05) is 17.1 Å². The Morgan fingerprint density at radius 1 is 1.69 bits per heavy atom. The molecule has 1 aromatic rings. The van der Waals surface area contributed by atoms with Crippen molar-refractivity contribution >= 4 is 0 Å². The van der Waals surface area contributed by atoms with Crippen LogP contribution in [0.2, 0.25) is 0 Å². The molecule has 0 bridgehead atoms. The van der Waals surface area contributed by atoms with Crippen molar-refractivity contribution in [2.75, 3.05) is 13.2 Å². The van der Waals surface area contributed by atoms with E-state index in [2.05, 4.69) is 5.10 Å². The highest BCUT2D eigenvalue weighted by molar-refractivity contribution is 5.02. The van der Waals surface area contributed by atoms with Crippen molar-refractivity contribution < 1.29 is 4.74 Å². The molecule has 0 radical (unpaired) electrons. The molecule has 13 heavy (non-hydrogen) atoms. The van der Waals surface area contributed by atoms with E-state index in [9.17, 15) is 0 Å². The van der Waals surface area contributed by atoms with E-state index >= 15 is 0 Å². The van der Waals surface area contributed by atoms with Gasteiger partial charge in [-0.2, -0.15) is 5.10 Å². The van der Waals surface area contributed by atoms with Crippen molar-refractivity contribution in [2.24, 2.45) is 11.7 Å². The molecule has 1 aromatic heterocycles. The molecule has 0 unspecified atom stereocenters. The van der Waals surface area contributed by atoms with Crippen LogP contribution in [-0.2, 0) is 17.8 Å².